The summed E-state index contributed by atoms with van der Waals surface area (Å²) in [5, 5.41) is 14.9. The van der Waals surface area contributed by atoms with Crippen molar-refractivity contribution in [3.8, 4) is 0 Å². The van der Waals surface area contributed by atoms with E-state index in [0.29, 0.717) is 6.54 Å². The van der Waals surface area contributed by atoms with Gasteiger partial charge in [0.05, 0.1) is 6.54 Å². The number of hydrogen-bond acceptors (Lipinski definition) is 4. The molecule has 3 rings (SSSR count). The standard InChI is InChI=1S/C18H25N5O/c1-13(2)20-18(24)17(14-8-4-3-5-9-14)19-12-16-22-21-15-10-6-7-11-23(15)16/h3-5,8-9,13,17,19H,6-7,10-12H2,1-2H3,(H,20,24)/t17-/m0/s1. The first-order valence-corrected chi connectivity index (χ1v) is 8.65. The molecule has 0 spiro atoms. The van der Waals surface area contributed by atoms with E-state index in [2.05, 4.69) is 25.4 Å². The van der Waals surface area contributed by atoms with Crippen LogP contribution in [0.5, 0.6) is 0 Å². The van der Waals surface area contributed by atoms with Crippen molar-refractivity contribution in [1.29, 1.82) is 0 Å². The Morgan fingerprint density at radius 3 is 2.75 bits per heavy atom. The third-order valence-electron chi connectivity index (χ3n) is 4.23. The molecule has 1 amide bonds. The fourth-order valence-electron chi connectivity index (χ4n) is 3.07. The zero-order valence-electron chi connectivity index (χ0n) is 14.3. The van der Waals surface area contributed by atoms with Crippen molar-refractivity contribution in [2.24, 2.45) is 0 Å². The molecule has 0 fully saturated rings. The summed E-state index contributed by atoms with van der Waals surface area (Å²) in [6.07, 6.45) is 3.33. The van der Waals surface area contributed by atoms with E-state index in [9.17, 15) is 4.79 Å². The Kier molecular flexibility index (Phi) is 5.25. The van der Waals surface area contributed by atoms with Crippen LogP contribution in [0.25, 0.3) is 0 Å². The van der Waals surface area contributed by atoms with Crippen molar-refractivity contribution in [2.45, 2.75) is 58.3 Å². The average molecular weight is 327 g/mol. The first-order valence-electron chi connectivity index (χ1n) is 8.65. The normalized spacial score (nSPS) is 15.1. The number of nitrogens with zero attached hydrogens (tertiary/aromatic N) is 3. The molecule has 2 heterocycles. The monoisotopic (exact) mass is 327 g/mol. The second kappa shape index (κ2) is 7.57. The third kappa shape index (κ3) is 3.82. The van der Waals surface area contributed by atoms with Crippen LogP contribution in [-0.4, -0.2) is 26.7 Å². The van der Waals surface area contributed by atoms with E-state index in [-0.39, 0.29) is 11.9 Å². The lowest BCUT2D eigenvalue weighted by molar-refractivity contribution is -0.123. The van der Waals surface area contributed by atoms with Crippen molar-refractivity contribution in [2.75, 3.05) is 0 Å². The van der Waals surface area contributed by atoms with Crippen molar-refractivity contribution >= 4 is 5.91 Å². The van der Waals surface area contributed by atoms with Crippen LogP contribution in [0.15, 0.2) is 30.3 Å². The van der Waals surface area contributed by atoms with Crippen LogP contribution < -0.4 is 10.6 Å². The lowest BCUT2D eigenvalue weighted by Gasteiger charge is -2.21. The third-order valence-corrected chi connectivity index (χ3v) is 4.23. The molecular formula is C18H25N5O. The first kappa shape index (κ1) is 16.6. The second-order valence-corrected chi connectivity index (χ2v) is 6.53. The van der Waals surface area contributed by atoms with Gasteiger partial charge < -0.3 is 9.88 Å². The number of carbonyl (C=O) groups is 1. The SMILES string of the molecule is CC(C)NC(=O)[C@@H](NCc1nnc2n1CCCC2)c1ccccc1. The van der Waals surface area contributed by atoms with Crippen LogP contribution in [0.2, 0.25) is 0 Å². The van der Waals surface area contributed by atoms with Gasteiger partial charge >= 0.3 is 0 Å². The number of carbonyl (C=O) groups excluding carboxylic acids is 1. The summed E-state index contributed by atoms with van der Waals surface area (Å²) in [7, 11) is 0. The van der Waals surface area contributed by atoms with E-state index in [1.165, 1.54) is 6.42 Å². The van der Waals surface area contributed by atoms with E-state index < -0.39 is 6.04 Å². The van der Waals surface area contributed by atoms with E-state index in [1.54, 1.807) is 0 Å². The summed E-state index contributed by atoms with van der Waals surface area (Å²) >= 11 is 0. The topological polar surface area (TPSA) is 71.8 Å². The summed E-state index contributed by atoms with van der Waals surface area (Å²) in [6, 6.07) is 9.50. The van der Waals surface area contributed by atoms with Crippen molar-refractivity contribution < 1.29 is 4.79 Å². The Bertz CT molecular complexity index is 680. The molecule has 24 heavy (non-hydrogen) atoms. The molecule has 0 saturated heterocycles. The van der Waals surface area contributed by atoms with Gasteiger partial charge in [-0.2, -0.15) is 0 Å². The van der Waals surface area contributed by atoms with E-state index >= 15 is 0 Å². The Morgan fingerprint density at radius 1 is 1.21 bits per heavy atom. The molecular weight excluding hydrogens is 302 g/mol. The lowest BCUT2D eigenvalue weighted by atomic mass is 10.1. The molecule has 0 bridgehead atoms. The smallest absolute Gasteiger partial charge is 0.241 e. The largest absolute Gasteiger partial charge is 0.352 e. The number of fused-ring (bicyclic) bond motifs is 1. The van der Waals surface area contributed by atoms with Crippen LogP contribution in [0, 0.1) is 0 Å². The Balaban J connectivity index is 1.74. The van der Waals surface area contributed by atoms with Crippen LogP contribution in [-0.2, 0) is 24.3 Å². The molecule has 6 nitrogen and oxygen atoms in total. The predicted molar refractivity (Wildman–Crippen MR) is 92.3 cm³/mol. The van der Waals surface area contributed by atoms with Gasteiger partial charge in [0.15, 0.2) is 0 Å². The summed E-state index contributed by atoms with van der Waals surface area (Å²) in [4.78, 5) is 12.6. The highest BCUT2D eigenvalue weighted by atomic mass is 16.2. The molecule has 1 aliphatic rings. The molecule has 128 valence electrons. The Hall–Kier alpha value is -2.21. The Morgan fingerprint density at radius 2 is 2.00 bits per heavy atom. The summed E-state index contributed by atoms with van der Waals surface area (Å²) in [5.41, 5.74) is 0.953. The van der Waals surface area contributed by atoms with Crippen molar-refractivity contribution in [3.05, 3.63) is 47.5 Å². The number of aromatic nitrogens is 3. The number of aryl methyl sites for hydroxylation is 1. The molecule has 1 atom stereocenters. The Labute approximate surface area is 142 Å². The first-order chi connectivity index (χ1) is 11.6. The van der Waals surface area contributed by atoms with Gasteiger partial charge in [-0.05, 0) is 32.3 Å². The minimum absolute atomic E-state index is 0.0189. The highest BCUT2D eigenvalue weighted by Gasteiger charge is 2.22. The minimum atomic E-state index is -0.398. The predicted octanol–water partition coefficient (Wildman–Crippen LogP) is 1.97. The molecule has 0 unspecified atom stereocenters. The summed E-state index contributed by atoms with van der Waals surface area (Å²) in [5.74, 6) is 1.94. The number of hydrogen-bond donors (Lipinski definition) is 2. The van der Waals surface area contributed by atoms with Gasteiger partial charge in [0.25, 0.3) is 0 Å². The van der Waals surface area contributed by atoms with Gasteiger partial charge in [0.2, 0.25) is 5.91 Å². The molecule has 2 aromatic rings. The maximum Gasteiger partial charge on any atom is 0.241 e. The molecule has 2 N–H and O–H groups in total. The van der Waals surface area contributed by atoms with E-state index in [1.807, 2.05) is 44.2 Å². The fraction of sp³-hybridized carbons (Fsp3) is 0.500. The molecule has 0 radical (unpaired) electrons. The van der Waals surface area contributed by atoms with Crippen LogP contribution >= 0.6 is 0 Å². The highest BCUT2D eigenvalue weighted by Crippen LogP contribution is 2.17. The van der Waals surface area contributed by atoms with Crippen LogP contribution in [0.1, 0.15) is 49.9 Å². The molecule has 1 aromatic carbocycles. The van der Waals surface area contributed by atoms with Gasteiger partial charge in [-0.3, -0.25) is 10.1 Å². The zero-order chi connectivity index (χ0) is 16.9. The molecule has 0 saturated carbocycles. The maximum atomic E-state index is 12.6. The van der Waals surface area contributed by atoms with Gasteiger partial charge in [-0.25, -0.2) is 0 Å². The maximum absolute atomic E-state index is 12.6. The van der Waals surface area contributed by atoms with E-state index in [4.69, 9.17) is 0 Å². The second-order valence-electron chi connectivity index (χ2n) is 6.53. The van der Waals surface area contributed by atoms with Crippen LogP contribution in [0.3, 0.4) is 0 Å². The number of benzene rings is 1. The fourth-order valence-corrected chi connectivity index (χ4v) is 3.07. The lowest BCUT2D eigenvalue weighted by Crippen LogP contribution is -2.40. The van der Waals surface area contributed by atoms with Gasteiger partial charge in [0.1, 0.15) is 17.7 Å². The molecule has 6 heteroatoms. The highest BCUT2D eigenvalue weighted by molar-refractivity contribution is 5.83. The molecule has 0 aliphatic carbocycles. The minimum Gasteiger partial charge on any atom is -0.352 e. The van der Waals surface area contributed by atoms with Gasteiger partial charge in [-0.15, -0.1) is 10.2 Å². The van der Waals surface area contributed by atoms with Crippen molar-refractivity contribution in [3.63, 3.8) is 0 Å². The summed E-state index contributed by atoms with van der Waals surface area (Å²) < 4.78 is 2.18. The molecule has 1 aromatic heterocycles. The van der Waals surface area contributed by atoms with Gasteiger partial charge in [0, 0.05) is 19.0 Å². The zero-order valence-corrected chi connectivity index (χ0v) is 14.3. The van der Waals surface area contributed by atoms with Gasteiger partial charge in [-0.1, -0.05) is 30.3 Å². The average Bonchev–Trinajstić information content (AvgIpc) is 2.99. The summed E-state index contributed by atoms with van der Waals surface area (Å²) in [6.45, 7) is 5.43. The van der Waals surface area contributed by atoms with Crippen LogP contribution in [0.4, 0.5) is 0 Å². The number of amides is 1. The quantitative estimate of drug-likeness (QED) is 0.851. The van der Waals surface area contributed by atoms with E-state index in [0.717, 1.165) is 36.6 Å². The van der Waals surface area contributed by atoms with Crippen molar-refractivity contribution in [1.82, 2.24) is 25.4 Å². The molecule has 1 aliphatic heterocycles. The number of rotatable bonds is 6. The number of nitrogens with one attached hydrogen (secondary N) is 2.